The molecule has 116 valence electrons. The lowest BCUT2D eigenvalue weighted by molar-refractivity contribution is 0.103. The van der Waals surface area contributed by atoms with Gasteiger partial charge in [0.25, 0.3) is 0 Å². The Balaban J connectivity index is 2.05. The van der Waals surface area contributed by atoms with Gasteiger partial charge in [-0.1, -0.05) is 16.8 Å². The third-order valence-corrected chi connectivity index (χ3v) is 4.10. The molecule has 1 fully saturated rings. The molecule has 0 spiro atoms. The van der Waals surface area contributed by atoms with Crippen molar-refractivity contribution in [3.63, 3.8) is 0 Å². The van der Waals surface area contributed by atoms with E-state index >= 15 is 0 Å². The summed E-state index contributed by atoms with van der Waals surface area (Å²) >= 11 is 6.18. The highest BCUT2D eigenvalue weighted by Crippen LogP contribution is 2.42. The summed E-state index contributed by atoms with van der Waals surface area (Å²) in [5, 5.41) is 4.47. The molecule has 6 heteroatoms. The standard InChI is InChI=1S/C16H16ClNO4/c1-20-7-11-13(17)6-5-10(16(11)21-2)15(19)12-8-22-18-14(12)9-3-4-9/h5-6,8-9H,3-4,7H2,1-2H3. The molecule has 0 bridgehead atoms. The molecule has 0 amide bonds. The third-order valence-electron chi connectivity index (χ3n) is 3.75. The Bertz CT molecular complexity index is 706. The molecular formula is C16H16ClNO4. The van der Waals surface area contributed by atoms with E-state index in [4.69, 9.17) is 25.6 Å². The van der Waals surface area contributed by atoms with Gasteiger partial charge in [0.05, 0.1) is 30.5 Å². The summed E-state index contributed by atoms with van der Waals surface area (Å²) in [6.07, 6.45) is 3.49. The lowest BCUT2D eigenvalue weighted by Crippen LogP contribution is -2.08. The largest absolute Gasteiger partial charge is 0.496 e. The first kappa shape index (κ1) is 15.1. The number of carbonyl (C=O) groups is 1. The number of rotatable bonds is 6. The molecule has 1 saturated carbocycles. The second-order valence-electron chi connectivity index (χ2n) is 5.26. The van der Waals surface area contributed by atoms with Gasteiger partial charge in [-0.2, -0.15) is 0 Å². The van der Waals surface area contributed by atoms with Gasteiger partial charge in [0, 0.05) is 23.6 Å². The lowest BCUT2D eigenvalue weighted by atomic mass is 9.99. The Hall–Kier alpha value is -1.85. The maximum atomic E-state index is 12.8. The van der Waals surface area contributed by atoms with Gasteiger partial charge < -0.3 is 14.0 Å². The Morgan fingerprint density at radius 1 is 1.36 bits per heavy atom. The van der Waals surface area contributed by atoms with Crippen molar-refractivity contribution in [2.24, 2.45) is 0 Å². The van der Waals surface area contributed by atoms with Crippen molar-refractivity contribution in [3.05, 3.63) is 45.8 Å². The minimum atomic E-state index is -0.172. The molecule has 5 nitrogen and oxygen atoms in total. The molecular weight excluding hydrogens is 306 g/mol. The predicted molar refractivity (Wildman–Crippen MR) is 80.6 cm³/mol. The highest BCUT2D eigenvalue weighted by molar-refractivity contribution is 6.32. The van der Waals surface area contributed by atoms with Crippen molar-refractivity contribution < 1.29 is 18.8 Å². The molecule has 1 aliphatic carbocycles. The van der Waals surface area contributed by atoms with Crippen LogP contribution in [0.5, 0.6) is 5.75 Å². The van der Waals surface area contributed by atoms with E-state index in [1.807, 2.05) is 0 Å². The molecule has 0 atom stereocenters. The quantitative estimate of drug-likeness (QED) is 0.761. The number of methoxy groups -OCH3 is 2. The lowest BCUT2D eigenvalue weighted by Gasteiger charge is -2.14. The SMILES string of the molecule is COCc1c(Cl)ccc(C(=O)c2conc2C2CC2)c1OC. The molecule has 0 N–H and O–H groups in total. The fourth-order valence-corrected chi connectivity index (χ4v) is 2.71. The summed E-state index contributed by atoms with van der Waals surface area (Å²) in [7, 11) is 3.08. The summed E-state index contributed by atoms with van der Waals surface area (Å²) in [5.41, 5.74) is 2.31. The van der Waals surface area contributed by atoms with Crippen molar-refractivity contribution in [1.82, 2.24) is 5.16 Å². The van der Waals surface area contributed by atoms with E-state index < -0.39 is 0 Å². The van der Waals surface area contributed by atoms with E-state index in [0.29, 0.717) is 33.4 Å². The minimum absolute atomic E-state index is 0.172. The molecule has 1 aliphatic rings. The first-order valence-corrected chi connectivity index (χ1v) is 7.38. The van der Waals surface area contributed by atoms with Gasteiger partial charge in [-0.05, 0) is 25.0 Å². The van der Waals surface area contributed by atoms with E-state index in [1.54, 1.807) is 19.2 Å². The second kappa shape index (κ2) is 6.10. The van der Waals surface area contributed by atoms with E-state index in [2.05, 4.69) is 5.16 Å². The van der Waals surface area contributed by atoms with Crippen LogP contribution in [0.4, 0.5) is 0 Å². The fraction of sp³-hybridized carbons (Fsp3) is 0.375. The van der Waals surface area contributed by atoms with Crippen molar-refractivity contribution in [1.29, 1.82) is 0 Å². The van der Waals surface area contributed by atoms with Crippen LogP contribution in [0.3, 0.4) is 0 Å². The van der Waals surface area contributed by atoms with Crippen molar-refractivity contribution in [3.8, 4) is 5.75 Å². The van der Waals surface area contributed by atoms with E-state index in [1.165, 1.54) is 13.4 Å². The number of nitrogens with zero attached hydrogens (tertiary/aromatic N) is 1. The summed E-state index contributed by atoms with van der Waals surface area (Å²) in [6.45, 7) is 0.266. The number of hydrogen-bond donors (Lipinski definition) is 0. The Morgan fingerprint density at radius 3 is 2.77 bits per heavy atom. The molecule has 1 heterocycles. The second-order valence-corrected chi connectivity index (χ2v) is 5.66. The molecule has 1 aromatic carbocycles. The Morgan fingerprint density at radius 2 is 2.14 bits per heavy atom. The summed E-state index contributed by atoms with van der Waals surface area (Å²) in [6, 6.07) is 3.34. The van der Waals surface area contributed by atoms with E-state index in [9.17, 15) is 4.79 Å². The molecule has 0 aliphatic heterocycles. The van der Waals surface area contributed by atoms with Crippen LogP contribution in [0, 0.1) is 0 Å². The molecule has 3 rings (SSSR count). The Labute approximate surface area is 133 Å². The van der Waals surface area contributed by atoms with Crippen LogP contribution in [0.15, 0.2) is 22.9 Å². The van der Waals surface area contributed by atoms with Crippen LogP contribution in [-0.2, 0) is 11.3 Å². The van der Waals surface area contributed by atoms with Gasteiger partial charge in [-0.3, -0.25) is 4.79 Å². The highest BCUT2D eigenvalue weighted by atomic mass is 35.5. The molecule has 0 radical (unpaired) electrons. The van der Waals surface area contributed by atoms with Crippen LogP contribution in [-0.4, -0.2) is 25.2 Å². The van der Waals surface area contributed by atoms with E-state index in [0.717, 1.165) is 18.5 Å². The Kier molecular flexibility index (Phi) is 4.18. The van der Waals surface area contributed by atoms with Crippen LogP contribution in [0.2, 0.25) is 5.02 Å². The van der Waals surface area contributed by atoms with Crippen LogP contribution in [0.1, 0.15) is 45.9 Å². The topological polar surface area (TPSA) is 61.6 Å². The van der Waals surface area contributed by atoms with Crippen molar-refractivity contribution >= 4 is 17.4 Å². The normalized spacial score (nSPS) is 14.1. The molecule has 0 unspecified atom stereocenters. The van der Waals surface area contributed by atoms with Gasteiger partial charge in [0.1, 0.15) is 12.0 Å². The third kappa shape index (κ3) is 2.62. The zero-order valence-electron chi connectivity index (χ0n) is 12.4. The van der Waals surface area contributed by atoms with Crippen molar-refractivity contribution in [2.75, 3.05) is 14.2 Å². The van der Waals surface area contributed by atoms with Crippen LogP contribution in [0.25, 0.3) is 0 Å². The predicted octanol–water partition coefficient (Wildman–Crippen LogP) is 3.59. The smallest absolute Gasteiger partial charge is 0.201 e. The molecule has 0 saturated heterocycles. The molecule has 1 aromatic heterocycles. The van der Waals surface area contributed by atoms with Gasteiger partial charge in [0.15, 0.2) is 0 Å². The summed E-state index contributed by atoms with van der Waals surface area (Å²) < 4.78 is 15.6. The van der Waals surface area contributed by atoms with Gasteiger partial charge in [-0.25, -0.2) is 0 Å². The number of halogens is 1. The zero-order chi connectivity index (χ0) is 15.7. The first-order valence-electron chi connectivity index (χ1n) is 7.00. The maximum absolute atomic E-state index is 12.8. The first-order chi connectivity index (χ1) is 10.7. The van der Waals surface area contributed by atoms with Crippen LogP contribution < -0.4 is 4.74 Å². The zero-order valence-corrected chi connectivity index (χ0v) is 13.1. The maximum Gasteiger partial charge on any atom is 0.201 e. The average molecular weight is 322 g/mol. The number of aromatic nitrogens is 1. The van der Waals surface area contributed by atoms with Gasteiger partial charge in [0.2, 0.25) is 5.78 Å². The average Bonchev–Trinajstić information content (AvgIpc) is 3.25. The summed E-state index contributed by atoms with van der Waals surface area (Å²) in [5.74, 6) is 0.589. The van der Waals surface area contributed by atoms with Gasteiger partial charge in [-0.15, -0.1) is 0 Å². The van der Waals surface area contributed by atoms with Gasteiger partial charge >= 0.3 is 0 Å². The minimum Gasteiger partial charge on any atom is -0.496 e. The molecule has 2 aromatic rings. The number of benzene rings is 1. The number of hydrogen-bond acceptors (Lipinski definition) is 5. The number of ether oxygens (including phenoxy) is 2. The number of ketones is 1. The van der Waals surface area contributed by atoms with Crippen molar-refractivity contribution in [2.45, 2.75) is 25.4 Å². The number of carbonyl (C=O) groups excluding carboxylic acids is 1. The monoisotopic (exact) mass is 321 g/mol. The van der Waals surface area contributed by atoms with E-state index in [-0.39, 0.29) is 12.4 Å². The van der Waals surface area contributed by atoms with Crippen LogP contribution >= 0.6 is 11.6 Å². The summed E-state index contributed by atoms with van der Waals surface area (Å²) in [4.78, 5) is 12.8. The fourth-order valence-electron chi connectivity index (χ4n) is 2.51. The molecule has 22 heavy (non-hydrogen) atoms. The highest BCUT2D eigenvalue weighted by Gasteiger charge is 2.33.